The van der Waals surface area contributed by atoms with Gasteiger partial charge in [-0.15, -0.1) is 6.58 Å². The van der Waals surface area contributed by atoms with Crippen LogP contribution in [0.15, 0.2) is 49.2 Å². The van der Waals surface area contributed by atoms with Gasteiger partial charge in [0.2, 0.25) is 0 Å². The van der Waals surface area contributed by atoms with E-state index in [4.69, 9.17) is 14.8 Å². The van der Waals surface area contributed by atoms with Crippen LogP contribution >= 0.6 is 0 Å². The van der Waals surface area contributed by atoms with Gasteiger partial charge in [-0.25, -0.2) is 14.2 Å². The summed E-state index contributed by atoms with van der Waals surface area (Å²) >= 11 is 0. The van der Waals surface area contributed by atoms with Gasteiger partial charge in [0.1, 0.15) is 18.1 Å². The summed E-state index contributed by atoms with van der Waals surface area (Å²) in [6.07, 6.45) is 0.977. The molecule has 1 aromatic carbocycles. The van der Waals surface area contributed by atoms with Crippen molar-refractivity contribution in [3.63, 3.8) is 0 Å². The van der Waals surface area contributed by atoms with E-state index < -0.39 is 53.7 Å². The summed E-state index contributed by atoms with van der Waals surface area (Å²) < 4.78 is 22.7. The van der Waals surface area contributed by atoms with Crippen LogP contribution < -0.4 is 10.6 Å². The number of ether oxygens (including phenoxy) is 1. The van der Waals surface area contributed by atoms with E-state index in [0.717, 1.165) is 11.3 Å². The number of amides is 2. The predicted octanol–water partition coefficient (Wildman–Crippen LogP) is 2.38. The number of nitrogens with zero attached hydrogens (tertiary/aromatic N) is 4. The van der Waals surface area contributed by atoms with Crippen LogP contribution in [0.1, 0.15) is 49.8 Å². The van der Waals surface area contributed by atoms with Crippen molar-refractivity contribution in [3.05, 3.63) is 66.3 Å². The standard InChI is InChI=1S/C33H47FN6O6/c1-5-9-23-20-39(19-22-10-7-6-8-11-22)30(37-23)29(40-21-24-25(34)18-36-27(24)28(43)31(40)44)33(2,3)13-17-46-32(45)38(16-14-35-4)15-12-26(41)42/h5-8,10-11,20,24-25,27-29,35-36,43H,1,9,12-19,21H2,2-4H3,(H,41,42)/t24?,25?,27?,28-,29?/m0/s1. The molecule has 46 heavy (non-hydrogen) atoms. The molecule has 4 unspecified atom stereocenters. The molecule has 4 rings (SSSR count). The number of fused-ring (bicyclic) bond motifs is 1. The molecule has 2 aliphatic rings. The monoisotopic (exact) mass is 642 g/mol. The third kappa shape index (κ3) is 8.31. The van der Waals surface area contributed by atoms with Crippen LogP contribution in [0, 0.1) is 11.3 Å². The molecular weight excluding hydrogens is 595 g/mol. The van der Waals surface area contributed by atoms with Gasteiger partial charge >= 0.3 is 12.1 Å². The number of imidazole rings is 1. The number of nitrogens with one attached hydrogen (secondary N) is 2. The first kappa shape index (κ1) is 35.1. The highest BCUT2D eigenvalue weighted by Crippen LogP contribution is 2.44. The summed E-state index contributed by atoms with van der Waals surface area (Å²) in [6, 6.07) is 8.44. The number of rotatable bonds is 16. The van der Waals surface area contributed by atoms with Crippen molar-refractivity contribution in [2.75, 3.05) is 46.4 Å². The Morgan fingerprint density at radius 2 is 2.04 bits per heavy atom. The van der Waals surface area contributed by atoms with Crippen molar-refractivity contribution < 1.29 is 33.7 Å². The minimum absolute atomic E-state index is 0.00597. The second-order valence-electron chi connectivity index (χ2n) is 12.7. The molecule has 0 saturated carbocycles. The number of aliphatic carboxylic acids is 1. The molecule has 4 N–H and O–H groups in total. The fraction of sp³-hybridized carbons (Fsp3) is 0.576. The Labute approximate surface area is 269 Å². The van der Waals surface area contributed by atoms with Crippen molar-refractivity contribution in [1.82, 2.24) is 30.0 Å². The molecule has 2 fully saturated rings. The first-order chi connectivity index (χ1) is 22.0. The van der Waals surface area contributed by atoms with E-state index in [-0.39, 0.29) is 39.2 Å². The number of allylic oxidation sites excluding steroid dienone is 1. The van der Waals surface area contributed by atoms with Gasteiger partial charge in [0.05, 0.1) is 24.8 Å². The van der Waals surface area contributed by atoms with Gasteiger partial charge in [-0.2, -0.15) is 0 Å². The average molecular weight is 643 g/mol. The Morgan fingerprint density at radius 3 is 2.72 bits per heavy atom. The number of piperidine rings is 1. The number of aromatic nitrogens is 2. The number of aliphatic hydroxyl groups excluding tert-OH is 1. The Bertz CT molecular complexity index is 1350. The number of hydrogen-bond donors (Lipinski definition) is 4. The molecule has 2 aromatic rings. The molecule has 1 aromatic heterocycles. The molecule has 0 spiro atoms. The highest BCUT2D eigenvalue weighted by atomic mass is 19.1. The van der Waals surface area contributed by atoms with Crippen LogP contribution in [0.5, 0.6) is 0 Å². The van der Waals surface area contributed by atoms with Crippen LogP contribution in [-0.2, 0) is 27.3 Å². The molecule has 0 radical (unpaired) electrons. The third-order valence-corrected chi connectivity index (χ3v) is 8.92. The molecule has 0 bridgehead atoms. The zero-order chi connectivity index (χ0) is 33.4. The number of carboxylic acid groups (broad SMARTS) is 1. The number of likely N-dealkylation sites (tertiary alicyclic amines) is 1. The number of benzene rings is 1. The summed E-state index contributed by atoms with van der Waals surface area (Å²) in [5.41, 5.74) is 0.997. The molecule has 2 aliphatic heterocycles. The van der Waals surface area contributed by atoms with Crippen molar-refractivity contribution in [1.29, 1.82) is 0 Å². The number of carbonyl (C=O) groups excluding carboxylic acids is 2. The summed E-state index contributed by atoms with van der Waals surface area (Å²) in [5, 5.41) is 26.1. The summed E-state index contributed by atoms with van der Waals surface area (Å²) in [7, 11) is 1.74. The van der Waals surface area contributed by atoms with E-state index in [9.17, 15) is 19.5 Å². The van der Waals surface area contributed by atoms with E-state index in [1.807, 2.05) is 54.9 Å². The smallest absolute Gasteiger partial charge is 0.409 e. The molecule has 13 heteroatoms. The Kier molecular flexibility index (Phi) is 11.9. The molecule has 2 saturated heterocycles. The van der Waals surface area contributed by atoms with Gasteiger partial charge in [-0.1, -0.05) is 50.3 Å². The van der Waals surface area contributed by atoms with Gasteiger partial charge < -0.3 is 40.0 Å². The third-order valence-electron chi connectivity index (χ3n) is 8.92. The second-order valence-corrected chi connectivity index (χ2v) is 12.7. The maximum atomic E-state index is 15.1. The minimum atomic E-state index is -1.42. The summed E-state index contributed by atoms with van der Waals surface area (Å²) in [6.45, 7) is 9.08. The topological polar surface area (TPSA) is 149 Å². The van der Waals surface area contributed by atoms with Gasteiger partial charge in [-0.3, -0.25) is 9.59 Å². The average Bonchev–Trinajstić information content (AvgIpc) is 3.58. The van der Waals surface area contributed by atoms with Crippen molar-refractivity contribution in [3.8, 4) is 0 Å². The number of carboxylic acids is 1. The quantitative estimate of drug-likeness (QED) is 0.203. The normalized spacial score (nSPS) is 21.9. The minimum Gasteiger partial charge on any atom is -0.481 e. The highest BCUT2D eigenvalue weighted by Gasteiger charge is 2.53. The molecule has 12 nitrogen and oxygen atoms in total. The fourth-order valence-corrected chi connectivity index (χ4v) is 6.39. The van der Waals surface area contributed by atoms with E-state index >= 15 is 4.39 Å². The number of halogens is 1. The van der Waals surface area contributed by atoms with Gasteiger partial charge in [0.15, 0.2) is 0 Å². The SMILES string of the molecule is C=CCc1cn(Cc2ccccc2)c(C(N2CC3C(F)CNC3[C@H](O)C2=O)C(C)(C)CCOC(=O)N(CCNC)CCC(=O)O)n1. The lowest BCUT2D eigenvalue weighted by Gasteiger charge is -2.47. The van der Waals surface area contributed by atoms with E-state index in [0.29, 0.717) is 31.8 Å². The maximum absolute atomic E-state index is 15.1. The molecule has 2 amide bonds. The van der Waals surface area contributed by atoms with Crippen LogP contribution in [-0.4, -0.2) is 112 Å². The predicted molar refractivity (Wildman–Crippen MR) is 170 cm³/mol. The number of likely N-dealkylation sites (N-methyl/N-ethyl adjacent to an activating group) is 1. The lowest BCUT2D eigenvalue weighted by atomic mass is 9.77. The van der Waals surface area contributed by atoms with Crippen molar-refractivity contribution in [2.45, 2.75) is 64.0 Å². The largest absolute Gasteiger partial charge is 0.481 e. The van der Waals surface area contributed by atoms with Crippen LogP contribution in [0.2, 0.25) is 0 Å². The van der Waals surface area contributed by atoms with Crippen molar-refractivity contribution in [2.24, 2.45) is 11.3 Å². The maximum Gasteiger partial charge on any atom is 0.409 e. The number of alkyl halides is 1. The van der Waals surface area contributed by atoms with Gasteiger partial charge in [-0.05, 0) is 24.4 Å². The first-order valence-electron chi connectivity index (χ1n) is 15.8. The van der Waals surface area contributed by atoms with Crippen molar-refractivity contribution >= 4 is 18.0 Å². The molecular formula is C33H47FN6O6. The molecule has 5 atom stereocenters. The fourth-order valence-electron chi connectivity index (χ4n) is 6.39. The van der Waals surface area contributed by atoms with Gasteiger partial charge in [0.25, 0.3) is 5.91 Å². The highest BCUT2D eigenvalue weighted by molar-refractivity contribution is 5.83. The molecule has 0 aliphatic carbocycles. The molecule has 252 valence electrons. The summed E-state index contributed by atoms with van der Waals surface area (Å²) in [5.74, 6) is -1.54. The van der Waals surface area contributed by atoms with Crippen LogP contribution in [0.4, 0.5) is 9.18 Å². The number of hydrogen-bond acceptors (Lipinski definition) is 8. The Morgan fingerprint density at radius 1 is 1.30 bits per heavy atom. The zero-order valence-corrected chi connectivity index (χ0v) is 26.9. The first-order valence-corrected chi connectivity index (χ1v) is 15.8. The van der Waals surface area contributed by atoms with E-state index in [1.54, 1.807) is 18.0 Å². The Hall–Kier alpha value is -3.81. The van der Waals surface area contributed by atoms with E-state index in [2.05, 4.69) is 17.2 Å². The van der Waals surface area contributed by atoms with Crippen LogP contribution in [0.3, 0.4) is 0 Å². The van der Waals surface area contributed by atoms with Gasteiger partial charge in [0, 0.05) is 63.8 Å². The summed E-state index contributed by atoms with van der Waals surface area (Å²) in [4.78, 5) is 45.9. The lowest BCUT2D eigenvalue weighted by Crippen LogP contribution is -2.61. The number of aliphatic hydroxyl groups is 1. The Balaban J connectivity index is 1.66. The zero-order valence-electron chi connectivity index (χ0n) is 26.9. The van der Waals surface area contributed by atoms with Crippen LogP contribution in [0.25, 0.3) is 0 Å². The lowest BCUT2D eigenvalue weighted by molar-refractivity contribution is -0.156. The molecule has 3 heterocycles. The number of carbonyl (C=O) groups is 3. The van der Waals surface area contributed by atoms with E-state index in [1.165, 1.54) is 4.90 Å². The second kappa shape index (κ2) is 15.7.